The lowest BCUT2D eigenvalue weighted by atomic mass is 10.5. The van der Waals surface area contributed by atoms with Crippen LogP contribution in [0.25, 0.3) is 0 Å². The maximum absolute atomic E-state index is 4.22. The molecule has 0 fully saturated rings. The molecule has 0 nitrogen and oxygen atoms in total. The van der Waals surface area contributed by atoms with Crippen molar-refractivity contribution in [1.82, 2.24) is 0 Å². The second kappa shape index (κ2) is 2.12. The third-order valence-corrected chi connectivity index (χ3v) is 2.05. The molecule has 0 spiro atoms. The Kier molecular flexibility index (Phi) is 2.37. The van der Waals surface area contributed by atoms with E-state index in [1.54, 1.807) is 11.8 Å². The van der Waals surface area contributed by atoms with Gasteiger partial charge < -0.3 is 0 Å². The molecule has 0 aromatic rings. The van der Waals surface area contributed by atoms with E-state index in [4.69, 9.17) is 0 Å². The van der Waals surface area contributed by atoms with Crippen molar-refractivity contribution < 1.29 is 0 Å². The molecular formula is C4H10S2. The van der Waals surface area contributed by atoms with Crippen LogP contribution in [0.4, 0.5) is 0 Å². The van der Waals surface area contributed by atoms with Gasteiger partial charge in [-0.25, -0.2) is 0 Å². The molecule has 0 heterocycles. The molecule has 0 aliphatic rings. The zero-order valence-electron chi connectivity index (χ0n) is 4.36. The highest BCUT2D eigenvalue weighted by atomic mass is 32.2. The first-order valence-electron chi connectivity index (χ1n) is 1.84. The predicted octanol–water partition coefficient (Wildman–Crippen LogP) is 2.02. The molecule has 0 radical (unpaired) electrons. The molecule has 0 aliphatic heterocycles. The zero-order valence-corrected chi connectivity index (χ0v) is 6.07. The van der Waals surface area contributed by atoms with Crippen LogP contribution in [0.3, 0.4) is 0 Å². The highest BCUT2D eigenvalue weighted by molar-refractivity contribution is 8.11. The van der Waals surface area contributed by atoms with Crippen LogP contribution in [0.2, 0.25) is 0 Å². The minimum absolute atomic E-state index is 0.153. The molecule has 0 saturated carbocycles. The summed E-state index contributed by atoms with van der Waals surface area (Å²) < 4.78 is 0.153. The Bertz CT molecular complexity index is 35.3. The first-order chi connectivity index (χ1) is 2.56. The monoisotopic (exact) mass is 122 g/mol. The summed E-state index contributed by atoms with van der Waals surface area (Å²) in [6.45, 7) is 4.14. The van der Waals surface area contributed by atoms with Gasteiger partial charge in [-0.2, -0.15) is 12.6 Å². The predicted molar refractivity (Wildman–Crippen MR) is 36.6 cm³/mol. The largest absolute Gasteiger partial charge is 0.162 e. The number of thioether (sulfide) groups is 1. The second-order valence-corrected chi connectivity index (χ2v) is 4.50. The minimum Gasteiger partial charge on any atom is -0.162 e. The van der Waals surface area contributed by atoms with Crippen LogP contribution in [0.1, 0.15) is 13.8 Å². The van der Waals surface area contributed by atoms with Crippen LogP contribution in [-0.2, 0) is 0 Å². The first-order valence-corrected chi connectivity index (χ1v) is 3.51. The molecule has 0 N–H and O–H groups in total. The van der Waals surface area contributed by atoms with Crippen molar-refractivity contribution in [3.05, 3.63) is 0 Å². The molecule has 0 rings (SSSR count). The normalized spacial score (nSPS) is 12.0. The second-order valence-electron chi connectivity index (χ2n) is 1.65. The lowest BCUT2D eigenvalue weighted by molar-refractivity contribution is 1.04. The Hall–Kier alpha value is 0.700. The molecule has 0 aromatic heterocycles. The van der Waals surface area contributed by atoms with E-state index in [1.807, 2.05) is 6.26 Å². The Morgan fingerprint density at radius 3 is 1.67 bits per heavy atom. The van der Waals surface area contributed by atoms with Gasteiger partial charge in [-0.1, -0.05) is 0 Å². The summed E-state index contributed by atoms with van der Waals surface area (Å²) in [5.74, 6) is 0. The van der Waals surface area contributed by atoms with Crippen molar-refractivity contribution >= 4 is 24.4 Å². The van der Waals surface area contributed by atoms with Crippen molar-refractivity contribution in [2.24, 2.45) is 0 Å². The summed E-state index contributed by atoms with van der Waals surface area (Å²) in [5.41, 5.74) is 0. The fraction of sp³-hybridized carbons (Fsp3) is 1.00. The van der Waals surface area contributed by atoms with Crippen LogP contribution in [-0.4, -0.2) is 10.3 Å². The van der Waals surface area contributed by atoms with E-state index in [0.717, 1.165) is 0 Å². The van der Waals surface area contributed by atoms with Crippen LogP contribution in [0.15, 0.2) is 0 Å². The highest BCUT2D eigenvalue weighted by Crippen LogP contribution is 2.24. The van der Waals surface area contributed by atoms with Gasteiger partial charge in [-0.3, -0.25) is 0 Å². The maximum Gasteiger partial charge on any atom is 0.0522 e. The van der Waals surface area contributed by atoms with Gasteiger partial charge in [0.05, 0.1) is 4.08 Å². The van der Waals surface area contributed by atoms with Gasteiger partial charge in [-0.05, 0) is 20.1 Å². The molecule has 38 valence electrons. The van der Waals surface area contributed by atoms with Crippen molar-refractivity contribution in [3.63, 3.8) is 0 Å². The third-order valence-electron chi connectivity index (χ3n) is 0.500. The van der Waals surface area contributed by atoms with E-state index >= 15 is 0 Å². The molecule has 0 aliphatic carbocycles. The molecule has 0 saturated heterocycles. The average molecular weight is 122 g/mol. The lowest BCUT2D eigenvalue weighted by Gasteiger charge is -2.11. The molecule has 0 aromatic carbocycles. The topological polar surface area (TPSA) is 0 Å². The molecule has 0 bridgehead atoms. The van der Waals surface area contributed by atoms with Crippen LogP contribution in [0.5, 0.6) is 0 Å². The zero-order chi connectivity index (χ0) is 5.21. The Labute approximate surface area is 49.1 Å². The van der Waals surface area contributed by atoms with Crippen molar-refractivity contribution in [2.45, 2.75) is 17.9 Å². The Balaban J connectivity index is 3.17. The summed E-state index contributed by atoms with van der Waals surface area (Å²) in [6.07, 6.45) is 2.05. The Morgan fingerprint density at radius 2 is 1.67 bits per heavy atom. The minimum atomic E-state index is 0.153. The van der Waals surface area contributed by atoms with Gasteiger partial charge in [0.25, 0.3) is 0 Å². The summed E-state index contributed by atoms with van der Waals surface area (Å²) in [7, 11) is 0. The summed E-state index contributed by atoms with van der Waals surface area (Å²) in [6, 6.07) is 0. The van der Waals surface area contributed by atoms with Crippen LogP contribution < -0.4 is 0 Å². The smallest absolute Gasteiger partial charge is 0.0522 e. The van der Waals surface area contributed by atoms with E-state index in [0.29, 0.717) is 0 Å². The molecule has 0 atom stereocenters. The van der Waals surface area contributed by atoms with Gasteiger partial charge in [0.2, 0.25) is 0 Å². The van der Waals surface area contributed by atoms with E-state index in [1.165, 1.54) is 0 Å². The van der Waals surface area contributed by atoms with Gasteiger partial charge in [0.1, 0.15) is 0 Å². The van der Waals surface area contributed by atoms with Crippen LogP contribution >= 0.6 is 24.4 Å². The number of hydrogen-bond donors (Lipinski definition) is 1. The average Bonchev–Trinajstić information content (AvgIpc) is 1.35. The van der Waals surface area contributed by atoms with E-state index in [2.05, 4.69) is 26.5 Å². The maximum atomic E-state index is 4.22. The molecule has 0 amide bonds. The van der Waals surface area contributed by atoms with Crippen LogP contribution in [0, 0.1) is 0 Å². The number of hydrogen-bond acceptors (Lipinski definition) is 2. The van der Waals surface area contributed by atoms with Gasteiger partial charge >= 0.3 is 0 Å². The summed E-state index contributed by atoms with van der Waals surface area (Å²) in [4.78, 5) is 0. The first kappa shape index (κ1) is 6.70. The van der Waals surface area contributed by atoms with Gasteiger partial charge in [0, 0.05) is 0 Å². The van der Waals surface area contributed by atoms with Crippen molar-refractivity contribution in [1.29, 1.82) is 0 Å². The fourth-order valence-corrected chi connectivity index (χ4v) is 0. The SMILES string of the molecule is CSC(C)(C)S. The highest BCUT2D eigenvalue weighted by Gasteiger charge is 2.05. The summed E-state index contributed by atoms with van der Waals surface area (Å²) >= 11 is 5.96. The van der Waals surface area contributed by atoms with Crippen molar-refractivity contribution in [3.8, 4) is 0 Å². The summed E-state index contributed by atoms with van der Waals surface area (Å²) in [5, 5.41) is 0. The fourth-order valence-electron chi connectivity index (χ4n) is 0. The van der Waals surface area contributed by atoms with Crippen molar-refractivity contribution in [2.75, 3.05) is 6.26 Å². The van der Waals surface area contributed by atoms with Gasteiger partial charge in [-0.15, -0.1) is 11.8 Å². The number of rotatable bonds is 1. The molecular weight excluding hydrogens is 112 g/mol. The standard InChI is InChI=1S/C4H10S2/c1-4(2,5)6-3/h5H,1-3H3. The number of thiol groups is 1. The Morgan fingerprint density at radius 1 is 1.50 bits per heavy atom. The third kappa shape index (κ3) is 4.70. The van der Waals surface area contributed by atoms with Gasteiger partial charge in [0.15, 0.2) is 0 Å². The van der Waals surface area contributed by atoms with E-state index in [9.17, 15) is 0 Å². The lowest BCUT2D eigenvalue weighted by Crippen LogP contribution is -2.00. The molecule has 2 heteroatoms. The quantitative estimate of drug-likeness (QED) is 0.410. The van der Waals surface area contributed by atoms with E-state index in [-0.39, 0.29) is 4.08 Å². The molecule has 0 unspecified atom stereocenters. The van der Waals surface area contributed by atoms with E-state index < -0.39 is 0 Å². The molecule has 6 heavy (non-hydrogen) atoms.